The molecule has 122 valence electrons. The standard InChI is InChI=1S/C13H11F3N4O2S/c1-6(9-2-3-10(23-9)13(14,15)16)20-11-7(8(5-21)19-20)4-17-12(22)18-11/h2-4,6,21H,5H2,1H3,(H,17,18,22). The number of H-pyrrole nitrogens is 1. The van der Waals surface area contributed by atoms with Crippen LogP contribution in [0.3, 0.4) is 0 Å². The summed E-state index contributed by atoms with van der Waals surface area (Å²) in [7, 11) is 0. The fraction of sp³-hybridized carbons (Fsp3) is 0.308. The Balaban J connectivity index is 2.10. The van der Waals surface area contributed by atoms with E-state index >= 15 is 0 Å². The second kappa shape index (κ2) is 5.46. The van der Waals surface area contributed by atoms with Crippen LogP contribution < -0.4 is 5.69 Å². The van der Waals surface area contributed by atoms with E-state index in [1.165, 1.54) is 16.9 Å². The summed E-state index contributed by atoms with van der Waals surface area (Å²) in [5.41, 5.74) is 0.00390. The molecule has 3 aromatic heterocycles. The van der Waals surface area contributed by atoms with Crippen LogP contribution in [0.4, 0.5) is 13.2 Å². The van der Waals surface area contributed by atoms with Crippen LogP contribution in [0.5, 0.6) is 0 Å². The van der Waals surface area contributed by atoms with Crippen LogP contribution in [-0.4, -0.2) is 24.9 Å². The van der Waals surface area contributed by atoms with Gasteiger partial charge < -0.3 is 5.11 Å². The van der Waals surface area contributed by atoms with Crippen LogP contribution >= 0.6 is 11.3 Å². The van der Waals surface area contributed by atoms with Crippen molar-refractivity contribution in [3.63, 3.8) is 0 Å². The monoisotopic (exact) mass is 344 g/mol. The van der Waals surface area contributed by atoms with E-state index in [4.69, 9.17) is 0 Å². The van der Waals surface area contributed by atoms with Crippen molar-refractivity contribution in [1.29, 1.82) is 0 Å². The third kappa shape index (κ3) is 2.75. The molecular formula is C13H11F3N4O2S. The zero-order valence-electron chi connectivity index (χ0n) is 11.8. The van der Waals surface area contributed by atoms with Gasteiger partial charge in [0.25, 0.3) is 0 Å². The molecule has 3 heterocycles. The SMILES string of the molecule is CC(c1ccc(C(F)(F)F)s1)n1nc(CO)c2cnc(=O)[nH]c21. The third-order valence-electron chi connectivity index (χ3n) is 3.39. The Morgan fingerprint density at radius 3 is 2.78 bits per heavy atom. The molecular weight excluding hydrogens is 333 g/mol. The topological polar surface area (TPSA) is 83.8 Å². The Hall–Kier alpha value is -2.20. The van der Waals surface area contributed by atoms with Crippen molar-refractivity contribution in [2.45, 2.75) is 25.7 Å². The Bertz CT molecular complexity index is 912. The number of nitrogens with one attached hydrogen (secondary N) is 1. The molecule has 0 fully saturated rings. The fourth-order valence-electron chi connectivity index (χ4n) is 2.26. The third-order valence-corrected chi connectivity index (χ3v) is 4.69. The molecule has 1 atom stereocenters. The molecule has 0 spiro atoms. The number of alkyl halides is 3. The second-order valence-electron chi connectivity index (χ2n) is 4.88. The number of aromatic amines is 1. The van der Waals surface area contributed by atoms with Gasteiger partial charge in [0.2, 0.25) is 0 Å². The minimum absolute atomic E-state index is 0.295. The van der Waals surface area contributed by atoms with E-state index in [0.29, 0.717) is 32.9 Å². The summed E-state index contributed by atoms with van der Waals surface area (Å²) >= 11 is 0.616. The van der Waals surface area contributed by atoms with Crippen LogP contribution in [0.15, 0.2) is 23.1 Å². The zero-order chi connectivity index (χ0) is 16.8. The Morgan fingerprint density at radius 1 is 1.43 bits per heavy atom. The van der Waals surface area contributed by atoms with Crippen LogP contribution in [0.1, 0.15) is 28.4 Å². The van der Waals surface area contributed by atoms with Crippen molar-refractivity contribution in [3.05, 3.63) is 44.3 Å². The molecule has 0 aliphatic heterocycles. The maximum absolute atomic E-state index is 12.7. The minimum Gasteiger partial charge on any atom is -0.390 e. The second-order valence-corrected chi connectivity index (χ2v) is 5.99. The van der Waals surface area contributed by atoms with E-state index in [9.17, 15) is 23.1 Å². The lowest BCUT2D eigenvalue weighted by atomic mass is 10.2. The van der Waals surface area contributed by atoms with E-state index in [-0.39, 0.29) is 6.61 Å². The van der Waals surface area contributed by atoms with Crippen molar-refractivity contribution in [2.24, 2.45) is 0 Å². The molecule has 0 aliphatic carbocycles. The number of hydrogen-bond acceptors (Lipinski definition) is 5. The molecule has 23 heavy (non-hydrogen) atoms. The van der Waals surface area contributed by atoms with Gasteiger partial charge >= 0.3 is 11.9 Å². The smallest absolute Gasteiger partial charge is 0.390 e. The van der Waals surface area contributed by atoms with Gasteiger partial charge in [-0.2, -0.15) is 18.3 Å². The number of fused-ring (bicyclic) bond motifs is 1. The van der Waals surface area contributed by atoms with E-state index in [0.717, 1.165) is 6.07 Å². The first kappa shape index (κ1) is 15.7. The number of aromatic nitrogens is 4. The lowest BCUT2D eigenvalue weighted by Gasteiger charge is -2.11. The Morgan fingerprint density at radius 2 is 2.17 bits per heavy atom. The number of aliphatic hydroxyl groups is 1. The van der Waals surface area contributed by atoms with Gasteiger partial charge in [0.05, 0.1) is 23.7 Å². The van der Waals surface area contributed by atoms with Gasteiger partial charge in [0.1, 0.15) is 10.5 Å². The number of hydrogen-bond donors (Lipinski definition) is 2. The van der Waals surface area contributed by atoms with Gasteiger partial charge in [-0.1, -0.05) is 0 Å². The molecule has 6 nitrogen and oxygen atoms in total. The van der Waals surface area contributed by atoms with Crippen LogP contribution in [-0.2, 0) is 12.8 Å². The van der Waals surface area contributed by atoms with E-state index in [1.54, 1.807) is 6.92 Å². The van der Waals surface area contributed by atoms with Gasteiger partial charge in [-0.3, -0.25) is 4.98 Å². The highest BCUT2D eigenvalue weighted by atomic mass is 32.1. The van der Waals surface area contributed by atoms with Gasteiger partial charge in [0.15, 0.2) is 0 Å². The highest BCUT2D eigenvalue weighted by Crippen LogP contribution is 2.37. The van der Waals surface area contributed by atoms with Crippen molar-refractivity contribution in [3.8, 4) is 0 Å². The lowest BCUT2D eigenvalue weighted by Crippen LogP contribution is -2.13. The summed E-state index contributed by atoms with van der Waals surface area (Å²) in [5, 5.41) is 14.0. The number of aliphatic hydroxyl groups excluding tert-OH is 1. The number of thiophene rings is 1. The zero-order valence-corrected chi connectivity index (χ0v) is 12.6. The molecule has 1 unspecified atom stereocenters. The van der Waals surface area contributed by atoms with Gasteiger partial charge in [-0.25, -0.2) is 14.5 Å². The molecule has 0 amide bonds. The summed E-state index contributed by atoms with van der Waals surface area (Å²) in [6, 6.07) is 1.85. The van der Waals surface area contributed by atoms with E-state index in [2.05, 4.69) is 15.1 Å². The van der Waals surface area contributed by atoms with Gasteiger partial charge in [-0.05, 0) is 19.1 Å². The predicted octanol–water partition coefficient (Wildman–Crippen LogP) is 2.30. The average Bonchev–Trinajstić information content (AvgIpc) is 3.10. The molecule has 0 saturated carbocycles. The molecule has 0 aliphatic rings. The highest BCUT2D eigenvalue weighted by molar-refractivity contribution is 7.12. The van der Waals surface area contributed by atoms with Crippen molar-refractivity contribution in [1.82, 2.24) is 19.7 Å². The van der Waals surface area contributed by atoms with Crippen LogP contribution in [0, 0.1) is 0 Å². The lowest BCUT2D eigenvalue weighted by molar-refractivity contribution is -0.134. The molecule has 0 radical (unpaired) electrons. The maximum Gasteiger partial charge on any atom is 0.425 e. The normalized spacial score (nSPS) is 13.6. The van der Waals surface area contributed by atoms with Crippen molar-refractivity contribution < 1.29 is 18.3 Å². The number of nitrogens with zero attached hydrogens (tertiary/aromatic N) is 3. The number of halogens is 3. The first-order valence-corrected chi connectivity index (χ1v) is 7.37. The maximum atomic E-state index is 12.7. The summed E-state index contributed by atoms with van der Waals surface area (Å²) in [4.78, 5) is 17.2. The number of rotatable bonds is 3. The van der Waals surface area contributed by atoms with Crippen molar-refractivity contribution in [2.75, 3.05) is 0 Å². The Labute approximate surface area is 131 Å². The molecule has 0 bridgehead atoms. The molecule has 0 aromatic carbocycles. The Kier molecular flexibility index (Phi) is 3.72. The fourth-order valence-corrected chi connectivity index (χ4v) is 3.17. The van der Waals surface area contributed by atoms with Gasteiger partial charge in [-0.15, -0.1) is 11.3 Å². The van der Waals surface area contributed by atoms with E-state index < -0.39 is 22.8 Å². The predicted molar refractivity (Wildman–Crippen MR) is 77.2 cm³/mol. The molecule has 10 heteroatoms. The summed E-state index contributed by atoms with van der Waals surface area (Å²) in [6.07, 6.45) is -3.12. The largest absolute Gasteiger partial charge is 0.425 e. The molecule has 3 rings (SSSR count). The summed E-state index contributed by atoms with van der Waals surface area (Å²) in [6.45, 7) is 1.29. The van der Waals surface area contributed by atoms with Crippen LogP contribution in [0.25, 0.3) is 11.0 Å². The first-order valence-electron chi connectivity index (χ1n) is 6.55. The van der Waals surface area contributed by atoms with E-state index in [1.807, 2.05) is 0 Å². The minimum atomic E-state index is -4.40. The molecule has 0 saturated heterocycles. The van der Waals surface area contributed by atoms with Crippen molar-refractivity contribution >= 4 is 22.4 Å². The first-order chi connectivity index (χ1) is 10.8. The molecule has 2 N–H and O–H groups in total. The average molecular weight is 344 g/mol. The van der Waals surface area contributed by atoms with Gasteiger partial charge in [0, 0.05) is 11.1 Å². The molecule has 3 aromatic rings. The summed E-state index contributed by atoms with van der Waals surface area (Å²) in [5.74, 6) is 0. The summed E-state index contributed by atoms with van der Waals surface area (Å²) < 4.78 is 39.6. The highest BCUT2D eigenvalue weighted by Gasteiger charge is 2.33. The van der Waals surface area contributed by atoms with Crippen LogP contribution in [0.2, 0.25) is 0 Å². The quantitative estimate of drug-likeness (QED) is 0.764.